The van der Waals surface area contributed by atoms with Crippen LogP contribution in [-0.4, -0.2) is 50.3 Å². The molecule has 2 unspecified atom stereocenters. The van der Waals surface area contributed by atoms with Crippen LogP contribution in [0.25, 0.3) is 0 Å². The SMILES string of the molecule is CN=C(NCc1ccc(N2CCOC(C)C2)nc1)NCC(C)c1ccsc1.I. The van der Waals surface area contributed by atoms with E-state index in [0.29, 0.717) is 12.5 Å². The zero-order chi connectivity index (χ0) is 19.1. The first-order valence-corrected chi connectivity index (χ1v) is 10.4. The fourth-order valence-electron chi connectivity index (χ4n) is 3.06. The highest BCUT2D eigenvalue weighted by Crippen LogP contribution is 2.17. The Bertz CT molecular complexity index is 723. The number of ether oxygens (including phenoxy) is 1. The van der Waals surface area contributed by atoms with Crippen LogP contribution in [0.3, 0.4) is 0 Å². The molecule has 154 valence electrons. The topological polar surface area (TPSA) is 61.8 Å². The van der Waals surface area contributed by atoms with Gasteiger partial charge in [0.2, 0.25) is 0 Å². The molecule has 0 bridgehead atoms. The van der Waals surface area contributed by atoms with Crippen LogP contribution in [0.1, 0.15) is 30.9 Å². The van der Waals surface area contributed by atoms with Gasteiger partial charge in [-0.3, -0.25) is 4.99 Å². The predicted octanol–water partition coefficient (Wildman–Crippen LogP) is 3.45. The van der Waals surface area contributed by atoms with Crippen LogP contribution in [0.4, 0.5) is 5.82 Å². The van der Waals surface area contributed by atoms with Crippen LogP contribution in [0.15, 0.2) is 40.1 Å². The van der Waals surface area contributed by atoms with E-state index in [1.807, 2.05) is 6.20 Å². The lowest BCUT2D eigenvalue weighted by atomic mass is 10.1. The molecule has 0 spiro atoms. The molecule has 2 aromatic rings. The number of aromatic nitrogens is 1. The van der Waals surface area contributed by atoms with Gasteiger partial charge in [-0.05, 0) is 46.9 Å². The quantitative estimate of drug-likeness (QED) is 0.351. The van der Waals surface area contributed by atoms with Crippen molar-refractivity contribution in [3.05, 3.63) is 46.3 Å². The normalized spacial score (nSPS) is 18.3. The summed E-state index contributed by atoms with van der Waals surface area (Å²) >= 11 is 1.74. The first-order chi connectivity index (χ1) is 13.2. The third-order valence-electron chi connectivity index (χ3n) is 4.75. The van der Waals surface area contributed by atoms with Crippen LogP contribution >= 0.6 is 35.3 Å². The van der Waals surface area contributed by atoms with Crippen LogP contribution < -0.4 is 15.5 Å². The van der Waals surface area contributed by atoms with E-state index in [9.17, 15) is 0 Å². The third-order valence-corrected chi connectivity index (χ3v) is 5.45. The molecule has 1 fully saturated rings. The molecule has 2 atom stereocenters. The highest BCUT2D eigenvalue weighted by Gasteiger charge is 2.17. The average molecular weight is 515 g/mol. The van der Waals surface area contributed by atoms with Gasteiger partial charge in [0.05, 0.1) is 12.7 Å². The number of morpholine rings is 1. The summed E-state index contributed by atoms with van der Waals surface area (Å²) in [5, 5.41) is 11.1. The number of hydrogen-bond acceptors (Lipinski definition) is 5. The Morgan fingerprint density at radius 1 is 1.39 bits per heavy atom. The van der Waals surface area contributed by atoms with Crippen LogP contribution in [0, 0.1) is 0 Å². The van der Waals surface area contributed by atoms with Crippen molar-refractivity contribution in [2.24, 2.45) is 4.99 Å². The Kier molecular flexibility index (Phi) is 9.46. The standard InChI is InChI=1S/C20H29N5OS.HI/c1-15(18-6-9-27-14-18)10-23-20(21-3)24-12-17-4-5-19(22-11-17)25-7-8-26-16(2)13-25;/h4-6,9,11,14-16H,7-8,10,12-13H2,1-3H3,(H2,21,23,24);1H. The number of rotatable bonds is 6. The summed E-state index contributed by atoms with van der Waals surface area (Å²) in [5.41, 5.74) is 2.49. The number of halogens is 1. The van der Waals surface area contributed by atoms with Gasteiger partial charge in [-0.1, -0.05) is 13.0 Å². The van der Waals surface area contributed by atoms with E-state index in [2.05, 4.69) is 68.3 Å². The minimum atomic E-state index is 0. The molecule has 2 N–H and O–H groups in total. The van der Waals surface area contributed by atoms with Crippen molar-refractivity contribution in [2.45, 2.75) is 32.4 Å². The average Bonchev–Trinajstić information content (AvgIpc) is 3.23. The van der Waals surface area contributed by atoms with Crippen molar-refractivity contribution in [2.75, 3.05) is 38.2 Å². The van der Waals surface area contributed by atoms with Gasteiger partial charge in [-0.25, -0.2) is 4.98 Å². The van der Waals surface area contributed by atoms with E-state index < -0.39 is 0 Å². The second-order valence-electron chi connectivity index (χ2n) is 6.92. The molecule has 2 aromatic heterocycles. The molecule has 0 amide bonds. The third kappa shape index (κ3) is 6.59. The molecule has 28 heavy (non-hydrogen) atoms. The lowest BCUT2D eigenvalue weighted by Gasteiger charge is -2.32. The van der Waals surface area contributed by atoms with Crippen molar-refractivity contribution in [1.29, 1.82) is 0 Å². The first-order valence-electron chi connectivity index (χ1n) is 9.44. The Morgan fingerprint density at radius 2 is 2.25 bits per heavy atom. The highest BCUT2D eigenvalue weighted by atomic mass is 127. The zero-order valence-electron chi connectivity index (χ0n) is 16.7. The molecule has 8 heteroatoms. The molecular weight excluding hydrogens is 485 g/mol. The van der Waals surface area contributed by atoms with E-state index in [1.165, 1.54) is 5.56 Å². The second kappa shape index (κ2) is 11.6. The van der Waals surface area contributed by atoms with Gasteiger partial charge in [0.1, 0.15) is 5.82 Å². The Morgan fingerprint density at radius 3 is 2.89 bits per heavy atom. The summed E-state index contributed by atoms with van der Waals surface area (Å²) in [6.45, 7) is 8.41. The zero-order valence-corrected chi connectivity index (χ0v) is 19.9. The molecule has 0 radical (unpaired) electrons. The van der Waals surface area contributed by atoms with Gasteiger partial charge in [0.25, 0.3) is 0 Å². The number of thiophene rings is 1. The van der Waals surface area contributed by atoms with Crippen LogP contribution in [-0.2, 0) is 11.3 Å². The first kappa shape index (κ1) is 22.9. The van der Waals surface area contributed by atoms with Gasteiger partial charge in [-0.2, -0.15) is 11.3 Å². The molecule has 1 aliphatic rings. The molecule has 3 rings (SSSR count). The van der Waals surface area contributed by atoms with Crippen LogP contribution in [0.5, 0.6) is 0 Å². The monoisotopic (exact) mass is 515 g/mol. The van der Waals surface area contributed by atoms with Crippen molar-refractivity contribution >= 4 is 47.1 Å². The predicted molar refractivity (Wildman–Crippen MR) is 128 cm³/mol. The van der Waals surface area contributed by atoms with Crippen molar-refractivity contribution in [3.63, 3.8) is 0 Å². The molecule has 0 saturated carbocycles. The van der Waals surface area contributed by atoms with Gasteiger partial charge in [-0.15, -0.1) is 24.0 Å². The maximum atomic E-state index is 5.59. The van der Waals surface area contributed by atoms with Gasteiger partial charge in [0.15, 0.2) is 5.96 Å². The minimum absolute atomic E-state index is 0. The molecule has 1 aliphatic heterocycles. The maximum Gasteiger partial charge on any atom is 0.191 e. The second-order valence-corrected chi connectivity index (χ2v) is 7.70. The molecular formula is C20H30IN5OS. The smallest absolute Gasteiger partial charge is 0.191 e. The molecule has 0 aromatic carbocycles. The van der Waals surface area contributed by atoms with E-state index in [-0.39, 0.29) is 30.1 Å². The van der Waals surface area contributed by atoms with E-state index in [0.717, 1.165) is 43.6 Å². The van der Waals surface area contributed by atoms with Gasteiger partial charge < -0.3 is 20.3 Å². The van der Waals surface area contributed by atoms with Gasteiger partial charge in [0, 0.05) is 39.4 Å². The summed E-state index contributed by atoms with van der Waals surface area (Å²) in [4.78, 5) is 11.2. The molecule has 3 heterocycles. The number of pyridine rings is 1. The fourth-order valence-corrected chi connectivity index (χ4v) is 3.85. The number of nitrogens with one attached hydrogen (secondary N) is 2. The number of anilines is 1. The minimum Gasteiger partial charge on any atom is -0.375 e. The summed E-state index contributed by atoms with van der Waals surface area (Å²) in [5.74, 6) is 2.27. The fraction of sp³-hybridized carbons (Fsp3) is 0.500. The number of aliphatic imine (C=N–C) groups is 1. The van der Waals surface area contributed by atoms with E-state index in [4.69, 9.17) is 4.74 Å². The van der Waals surface area contributed by atoms with Gasteiger partial charge >= 0.3 is 0 Å². The summed E-state index contributed by atoms with van der Waals surface area (Å²) in [6, 6.07) is 6.39. The molecule has 1 saturated heterocycles. The van der Waals surface area contributed by atoms with Crippen molar-refractivity contribution in [3.8, 4) is 0 Å². The van der Waals surface area contributed by atoms with Crippen molar-refractivity contribution in [1.82, 2.24) is 15.6 Å². The summed E-state index contributed by atoms with van der Waals surface area (Å²) in [7, 11) is 1.80. The van der Waals surface area contributed by atoms with E-state index >= 15 is 0 Å². The Balaban J connectivity index is 0.00000280. The summed E-state index contributed by atoms with van der Waals surface area (Å²) in [6.07, 6.45) is 2.19. The maximum absolute atomic E-state index is 5.59. The highest BCUT2D eigenvalue weighted by molar-refractivity contribution is 14.0. The Hall–Kier alpha value is -1.39. The number of guanidine groups is 1. The lowest BCUT2D eigenvalue weighted by Crippen LogP contribution is -2.41. The number of nitrogens with zero attached hydrogens (tertiary/aromatic N) is 3. The summed E-state index contributed by atoms with van der Waals surface area (Å²) < 4.78 is 5.59. The van der Waals surface area contributed by atoms with Crippen molar-refractivity contribution < 1.29 is 4.74 Å². The van der Waals surface area contributed by atoms with E-state index in [1.54, 1.807) is 18.4 Å². The molecule has 0 aliphatic carbocycles. The van der Waals surface area contributed by atoms with Crippen LogP contribution in [0.2, 0.25) is 0 Å². The Labute approximate surface area is 188 Å². The lowest BCUT2D eigenvalue weighted by molar-refractivity contribution is 0.0529. The number of hydrogen-bond donors (Lipinski definition) is 2. The largest absolute Gasteiger partial charge is 0.375 e. The molecule has 6 nitrogen and oxygen atoms in total.